The molecule has 0 radical (unpaired) electrons. The minimum atomic E-state index is -0.401. The largest absolute Gasteiger partial charge is 0.481 e. The summed E-state index contributed by atoms with van der Waals surface area (Å²) in [5.41, 5.74) is 2.22. The van der Waals surface area contributed by atoms with Crippen molar-refractivity contribution in [3.63, 3.8) is 0 Å². The summed E-state index contributed by atoms with van der Waals surface area (Å²) in [6, 6.07) is 14.0. The monoisotopic (exact) mass is 365 g/mol. The summed E-state index contributed by atoms with van der Waals surface area (Å²) in [4.78, 5) is 19.2. The average molecular weight is 365 g/mol. The second kappa shape index (κ2) is 7.04. The molecule has 3 aromatic rings. The SMILES string of the molecule is COc1cccc(-c2cc3ccc(N4CC(C)NC(C)C4)cc3oc2=O)n1. The van der Waals surface area contributed by atoms with Crippen LogP contribution in [0.2, 0.25) is 0 Å². The quantitative estimate of drug-likeness (QED) is 0.720. The highest BCUT2D eigenvalue weighted by Crippen LogP contribution is 2.26. The Labute approximate surface area is 157 Å². The lowest BCUT2D eigenvalue weighted by molar-refractivity contribution is 0.398. The molecule has 0 amide bonds. The van der Waals surface area contributed by atoms with E-state index in [-0.39, 0.29) is 0 Å². The number of ether oxygens (including phenoxy) is 1. The normalized spacial score (nSPS) is 20.0. The van der Waals surface area contributed by atoms with Crippen LogP contribution < -0.4 is 20.6 Å². The summed E-state index contributed by atoms with van der Waals surface area (Å²) in [7, 11) is 1.55. The molecule has 4 rings (SSSR count). The van der Waals surface area contributed by atoms with Gasteiger partial charge in [-0.05, 0) is 38.1 Å². The molecule has 27 heavy (non-hydrogen) atoms. The third kappa shape index (κ3) is 3.53. The molecule has 1 N–H and O–H groups in total. The lowest BCUT2D eigenvalue weighted by Crippen LogP contribution is -2.54. The molecular formula is C21H23N3O3. The highest BCUT2D eigenvalue weighted by Gasteiger charge is 2.21. The lowest BCUT2D eigenvalue weighted by Gasteiger charge is -2.37. The van der Waals surface area contributed by atoms with E-state index in [0.29, 0.717) is 34.8 Å². The number of hydrogen-bond donors (Lipinski definition) is 1. The first-order valence-electron chi connectivity index (χ1n) is 9.14. The maximum atomic E-state index is 12.6. The number of benzene rings is 1. The third-order valence-electron chi connectivity index (χ3n) is 4.85. The van der Waals surface area contributed by atoms with E-state index in [1.807, 2.05) is 18.2 Å². The number of methoxy groups -OCH3 is 1. The number of aromatic nitrogens is 1. The van der Waals surface area contributed by atoms with E-state index in [4.69, 9.17) is 9.15 Å². The molecule has 2 aromatic heterocycles. The highest BCUT2D eigenvalue weighted by molar-refractivity contribution is 5.84. The van der Waals surface area contributed by atoms with Gasteiger partial charge in [0.05, 0.1) is 18.4 Å². The summed E-state index contributed by atoms with van der Waals surface area (Å²) in [6.07, 6.45) is 0. The van der Waals surface area contributed by atoms with E-state index in [0.717, 1.165) is 24.2 Å². The first-order valence-corrected chi connectivity index (χ1v) is 9.14. The number of anilines is 1. The summed E-state index contributed by atoms with van der Waals surface area (Å²) in [6.45, 7) is 6.20. The van der Waals surface area contributed by atoms with Crippen LogP contribution >= 0.6 is 0 Å². The Morgan fingerprint density at radius 2 is 1.93 bits per heavy atom. The van der Waals surface area contributed by atoms with Gasteiger partial charge in [-0.3, -0.25) is 0 Å². The van der Waals surface area contributed by atoms with Gasteiger partial charge in [-0.2, -0.15) is 0 Å². The van der Waals surface area contributed by atoms with Crippen LogP contribution in [0.3, 0.4) is 0 Å². The van der Waals surface area contributed by atoms with Crippen LogP contribution in [-0.2, 0) is 0 Å². The van der Waals surface area contributed by atoms with Crippen LogP contribution in [0, 0.1) is 0 Å². The Hall–Kier alpha value is -2.86. The number of piperazine rings is 1. The zero-order valence-corrected chi connectivity index (χ0v) is 15.7. The van der Waals surface area contributed by atoms with Crippen molar-refractivity contribution in [3.8, 4) is 17.1 Å². The van der Waals surface area contributed by atoms with Gasteiger partial charge in [-0.15, -0.1) is 0 Å². The molecule has 140 valence electrons. The predicted octanol–water partition coefficient (Wildman–Crippen LogP) is 3.05. The van der Waals surface area contributed by atoms with E-state index in [1.54, 1.807) is 25.3 Å². The van der Waals surface area contributed by atoms with Crippen molar-refractivity contribution in [2.75, 3.05) is 25.1 Å². The lowest BCUT2D eigenvalue weighted by atomic mass is 10.1. The summed E-state index contributed by atoms with van der Waals surface area (Å²) < 4.78 is 10.8. The Balaban J connectivity index is 1.73. The molecule has 2 unspecified atom stereocenters. The highest BCUT2D eigenvalue weighted by atomic mass is 16.5. The number of pyridine rings is 1. The van der Waals surface area contributed by atoms with Gasteiger partial charge in [-0.25, -0.2) is 9.78 Å². The third-order valence-corrected chi connectivity index (χ3v) is 4.85. The molecule has 1 aliphatic heterocycles. The van der Waals surface area contributed by atoms with Gasteiger partial charge in [-0.1, -0.05) is 6.07 Å². The summed E-state index contributed by atoms with van der Waals surface area (Å²) in [5.74, 6) is 0.462. The molecule has 1 saturated heterocycles. The van der Waals surface area contributed by atoms with Gasteiger partial charge >= 0.3 is 5.63 Å². The Morgan fingerprint density at radius 3 is 2.67 bits per heavy atom. The van der Waals surface area contributed by atoms with Crippen molar-refractivity contribution in [2.24, 2.45) is 0 Å². The first-order chi connectivity index (χ1) is 13.0. The Kier molecular flexibility index (Phi) is 4.58. The van der Waals surface area contributed by atoms with Crippen molar-refractivity contribution in [1.82, 2.24) is 10.3 Å². The van der Waals surface area contributed by atoms with E-state index < -0.39 is 5.63 Å². The number of nitrogens with zero attached hydrogens (tertiary/aromatic N) is 2. The Bertz CT molecular complexity index is 1020. The van der Waals surface area contributed by atoms with Gasteiger partial charge in [0, 0.05) is 48.4 Å². The fraction of sp³-hybridized carbons (Fsp3) is 0.333. The zero-order valence-electron chi connectivity index (χ0n) is 15.7. The number of fused-ring (bicyclic) bond motifs is 1. The van der Waals surface area contributed by atoms with Crippen LogP contribution in [0.1, 0.15) is 13.8 Å². The average Bonchev–Trinajstić information content (AvgIpc) is 2.66. The molecular weight excluding hydrogens is 342 g/mol. The van der Waals surface area contributed by atoms with Gasteiger partial charge < -0.3 is 19.4 Å². The topological polar surface area (TPSA) is 67.6 Å². The van der Waals surface area contributed by atoms with Gasteiger partial charge in [0.2, 0.25) is 5.88 Å². The minimum Gasteiger partial charge on any atom is -0.481 e. The van der Waals surface area contributed by atoms with Crippen molar-refractivity contribution < 1.29 is 9.15 Å². The standard InChI is InChI=1S/C21H23N3O3/c1-13-11-24(12-14(2)22-13)16-8-7-15-9-17(21(25)27-19(15)10-16)18-5-4-6-20(23-18)26-3/h4-10,13-14,22H,11-12H2,1-3H3. The molecule has 2 atom stereocenters. The van der Waals surface area contributed by atoms with Gasteiger partial charge in [0.25, 0.3) is 0 Å². The van der Waals surface area contributed by atoms with Crippen molar-refractivity contribution in [2.45, 2.75) is 25.9 Å². The molecule has 6 heteroatoms. The van der Waals surface area contributed by atoms with Crippen LogP contribution in [0.25, 0.3) is 22.2 Å². The van der Waals surface area contributed by atoms with Gasteiger partial charge in [0.15, 0.2) is 0 Å². The number of nitrogens with one attached hydrogen (secondary N) is 1. The number of rotatable bonds is 3. The van der Waals surface area contributed by atoms with E-state index in [1.165, 1.54) is 0 Å². The van der Waals surface area contributed by atoms with E-state index in [9.17, 15) is 4.79 Å². The van der Waals surface area contributed by atoms with Crippen molar-refractivity contribution in [1.29, 1.82) is 0 Å². The maximum absolute atomic E-state index is 12.6. The fourth-order valence-corrected chi connectivity index (χ4v) is 3.69. The van der Waals surface area contributed by atoms with Crippen LogP contribution in [-0.4, -0.2) is 37.3 Å². The minimum absolute atomic E-state index is 0.401. The smallest absolute Gasteiger partial charge is 0.345 e. The number of hydrogen-bond acceptors (Lipinski definition) is 6. The van der Waals surface area contributed by atoms with Crippen LogP contribution in [0.5, 0.6) is 5.88 Å². The first kappa shape index (κ1) is 17.5. The molecule has 0 saturated carbocycles. The van der Waals surface area contributed by atoms with Crippen molar-refractivity contribution >= 4 is 16.7 Å². The second-order valence-corrected chi connectivity index (χ2v) is 7.11. The molecule has 0 aliphatic carbocycles. The summed E-state index contributed by atoms with van der Waals surface area (Å²) >= 11 is 0. The molecule has 1 aromatic carbocycles. The molecule has 0 bridgehead atoms. The molecule has 6 nitrogen and oxygen atoms in total. The van der Waals surface area contributed by atoms with Crippen LogP contribution in [0.4, 0.5) is 5.69 Å². The Morgan fingerprint density at radius 1 is 1.15 bits per heavy atom. The van der Waals surface area contributed by atoms with E-state index in [2.05, 4.69) is 35.1 Å². The van der Waals surface area contributed by atoms with Gasteiger partial charge in [0.1, 0.15) is 5.58 Å². The molecule has 3 heterocycles. The molecule has 0 spiro atoms. The van der Waals surface area contributed by atoms with Crippen molar-refractivity contribution in [3.05, 3.63) is 52.9 Å². The fourth-order valence-electron chi connectivity index (χ4n) is 3.69. The predicted molar refractivity (Wildman–Crippen MR) is 107 cm³/mol. The maximum Gasteiger partial charge on any atom is 0.345 e. The molecule has 1 fully saturated rings. The van der Waals surface area contributed by atoms with Crippen LogP contribution in [0.15, 0.2) is 51.7 Å². The van der Waals surface area contributed by atoms with E-state index >= 15 is 0 Å². The summed E-state index contributed by atoms with van der Waals surface area (Å²) in [5, 5.41) is 4.40. The second-order valence-electron chi connectivity index (χ2n) is 7.11. The zero-order chi connectivity index (χ0) is 19.0. The molecule has 1 aliphatic rings.